The molecule has 1 aliphatic heterocycles. The van der Waals surface area contributed by atoms with Crippen molar-refractivity contribution in [1.29, 1.82) is 0 Å². The normalized spacial score (nSPS) is 19.0. The highest BCUT2D eigenvalue weighted by molar-refractivity contribution is 9.10. The van der Waals surface area contributed by atoms with Crippen LogP contribution in [-0.4, -0.2) is 29.3 Å². The maximum atomic E-state index is 12.4. The van der Waals surface area contributed by atoms with E-state index in [0.717, 1.165) is 4.90 Å². The summed E-state index contributed by atoms with van der Waals surface area (Å²) in [5, 5.41) is 2.21. The Morgan fingerprint density at radius 3 is 2.60 bits per heavy atom. The van der Waals surface area contributed by atoms with E-state index in [2.05, 4.69) is 27.8 Å². The second kappa shape index (κ2) is 5.58. The maximum absolute atomic E-state index is 12.4. The molecule has 1 heterocycles. The first-order valence-corrected chi connectivity index (χ1v) is 6.76. The number of hydrogen-bond acceptors (Lipinski definition) is 3. The summed E-state index contributed by atoms with van der Waals surface area (Å²) in [5.41, 5.74) is 1.20. The van der Waals surface area contributed by atoms with Crippen molar-refractivity contribution in [3.8, 4) is 0 Å². The second-order valence-electron chi connectivity index (χ2n) is 4.63. The molecular weight excluding hydrogens is 324 g/mol. The van der Waals surface area contributed by atoms with Gasteiger partial charge in [0.15, 0.2) is 0 Å². The van der Waals surface area contributed by atoms with Gasteiger partial charge in [0.2, 0.25) is 11.8 Å². The topological polar surface area (TPSA) is 66.5 Å². The van der Waals surface area contributed by atoms with Crippen LogP contribution in [0.2, 0.25) is 0 Å². The van der Waals surface area contributed by atoms with Crippen molar-refractivity contribution < 1.29 is 14.4 Å². The lowest BCUT2D eigenvalue weighted by molar-refractivity contribution is -0.138. The van der Waals surface area contributed by atoms with Crippen molar-refractivity contribution in [2.24, 2.45) is 0 Å². The Morgan fingerprint density at radius 1 is 1.35 bits per heavy atom. The van der Waals surface area contributed by atoms with E-state index in [-0.39, 0.29) is 6.54 Å². The largest absolute Gasteiger partial charge is 0.331 e. The molecule has 1 aromatic carbocycles. The van der Waals surface area contributed by atoms with Crippen LogP contribution in [0.5, 0.6) is 0 Å². The van der Waals surface area contributed by atoms with Crippen LogP contribution in [-0.2, 0) is 9.59 Å². The zero-order valence-corrected chi connectivity index (χ0v) is 12.4. The van der Waals surface area contributed by atoms with E-state index >= 15 is 0 Å². The molecule has 2 rings (SSSR count). The monoisotopic (exact) mass is 336 g/mol. The van der Waals surface area contributed by atoms with Gasteiger partial charge in [0.1, 0.15) is 5.92 Å². The molecular formula is C14H13BrN2O3. The molecule has 1 aliphatic rings. The van der Waals surface area contributed by atoms with E-state index in [1.165, 1.54) is 0 Å². The average molecular weight is 337 g/mol. The molecule has 1 atom stereocenters. The maximum Gasteiger partial charge on any atom is 0.331 e. The minimum Gasteiger partial charge on any atom is -0.277 e. The van der Waals surface area contributed by atoms with Gasteiger partial charge in [-0.2, -0.15) is 0 Å². The molecule has 4 amide bonds. The number of nitrogens with one attached hydrogen (secondary N) is 1. The summed E-state index contributed by atoms with van der Waals surface area (Å²) in [6.45, 7) is 5.49. The molecule has 104 valence electrons. The summed E-state index contributed by atoms with van der Waals surface area (Å²) in [6.07, 6.45) is 0. The molecule has 0 radical (unpaired) electrons. The number of barbiturate groups is 1. The molecule has 1 unspecified atom stereocenters. The van der Waals surface area contributed by atoms with E-state index < -0.39 is 23.8 Å². The van der Waals surface area contributed by atoms with Crippen LogP contribution in [0, 0.1) is 0 Å². The van der Waals surface area contributed by atoms with E-state index in [1.54, 1.807) is 31.2 Å². The van der Waals surface area contributed by atoms with Gasteiger partial charge in [-0.05, 0) is 18.6 Å². The molecule has 1 N–H and O–H groups in total. The third kappa shape index (κ3) is 2.65. The summed E-state index contributed by atoms with van der Waals surface area (Å²) < 4.78 is 0.651. The number of benzene rings is 1. The zero-order chi connectivity index (χ0) is 14.9. The Kier molecular flexibility index (Phi) is 4.04. The summed E-state index contributed by atoms with van der Waals surface area (Å²) in [6, 6.07) is 6.25. The van der Waals surface area contributed by atoms with Gasteiger partial charge in [-0.25, -0.2) is 4.79 Å². The van der Waals surface area contributed by atoms with Gasteiger partial charge >= 0.3 is 6.03 Å². The number of carbonyl (C=O) groups is 3. The van der Waals surface area contributed by atoms with Gasteiger partial charge in [-0.15, -0.1) is 0 Å². The molecule has 1 aromatic rings. The smallest absolute Gasteiger partial charge is 0.277 e. The van der Waals surface area contributed by atoms with E-state index in [4.69, 9.17) is 0 Å². The van der Waals surface area contributed by atoms with Gasteiger partial charge in [0.25, 0.3) is 0 Å². The predicted molar refractivity (Wildman–Crippen MR) is 76.9 cm³/mol. The van der Waals surface area contributed by atoms with Crippen molar-refractivity contribution in [2.45, 2.75) is 12.8 Å². The van der Waals surface area contributed by atoms with Gasteiger partial charge in [0.05, 0.1) is 6.54 Å². The standard InChI is InChI=1S/C14H13BrN2O3/c1-8(2)7-17-13(19)11(12(18)16-14(17)20)9-5-3-4-6-10(9)15/h3-6,11H,1,7H2,2H3,(H,16,18,20). The van der Waals surface area contributed by atoms with Crippen LogP contribution in [0.3, 0.4) is 0 Å². The fourth-order valence-corrected chi connectivity index (χ4v) is 2.53. The Bertz CT molecular complexity index is 612. The third-order valence-corrected chi connectivity index (χ3v) is 3.62. The minimum absolute atomic E-state index is 0.0961. The minimum atomic E-state index is -1.03. The number of nitrogens with zero attached hydrogens (tertiary/aromatic N) is 1. The molecule has 0 aromatic heterocycles. The summed E-state index contributed by atoms with van der Waals surface area (Å²) in [4.78, 5) is 37.1. The van der Waals surface area contributed by atoms with Gasteiger partial charge < -0.3 is 0 Å². The highest BCUT2D eigenvalue weighted by Crippen LogP contribution is 2.29. The van der Waals surface area contributed by atoms with Crippen molar-refractivity contribution in [1.82, 2.24) is 10.2 Å². The van der Waals surface area contributed by atoms with Crippen LogP contribution >= 0.6 is 15.9 Å². The number of rotatable bonds is 3. The summed E-state index contributed by atoms with van der Waals surface area (Å²) in [5.74, 6) is -2.17. The SMILES string of the molecule is C=C(C)CN1C(=O)NC(=O)C(c2ccccc2Br)C1=O. The first-order valence-electron chi connectivity index (χ1n) is 5.97. The third-order valence-electron chi connectivity index (χ3n) is 2.89. The summed E-state index contributed by atoms with van der Waals surface area (Å²) >= 11 is 3.32. The highest BCUT2D eigenvalue weighted by Gasteiger charge is 2.41. The number of halogens is 1. The molecule has 0 bridgehead atoms. The number of carbonyl (C=O) groups excluding carboxylic acids is 3. The molecule has 5 nitrogen and oxygen atoms in total. The van der Waals surface area contributed by atoms with Crippen LogP contribution in [0.15, 0.2) is 40.9 Å². The Hall–Kier alpha value is -1.95. The Morgan fingerprint density at radius 2 is 2.00 bits per heavy atom. The van der Waals surface area contributed by atoms with Gasteiger partial charge in [-0.1, -0.05) is 46.3 Å². The van der Waals surface area contributed by atoms with Crippen molar-refractivity contribution in [3.05, 3.63) is 46.5 Å². The molecule has 1 fully saturated rings. The molecule has 0 aliphatic carbocycles. The molecule has 1 saturated heterocycles. The number of hydrogen-bond donors (Lipinski definition) is 1. The van der Waals surface area contributed by atoms with Gasteiger partial charge in [0, 0.05) is 4.47 Å². The number of amides is 4. The van der Waals surface area contributed by atoms with E-state index in [0.29, 0.717) is 15.6 Å². The molecule has 0 spiro atoms. The Labute approximate surface area is 124 Å². The fraction of sp³-hybridized carbons (Fsp3) is 0.214. The second-order valence-corrected chi connectivity index (χ2v) is 5.48. The first kappa shape index (κ1) is 14.5. The van der Waals surface area contributed by atoms with Crippen LogP contribution in [0.4, 0.5) is 4.79 Å². The van der Waals surface area contributed by atoms with Crippen LogP contribution in [0.1, 0.15) is 18.4 Å². The zero-order valence-electron chi connectivity index (χ0n) is 10.9. The van der Waals surface area contributed by atoms with Gasteiger partial charge in [-0.3, -0.25) is 19.8 Å². The summed E-state index contributed by atoms with van der Waals surface area (Å²) in [7, 11) is 0. The fourth-order valence-electron chi connectivity index (χ4n) is 2.02. The van der Waals surface area contributed by atoms with Crippen LogP contribution < -0.4 is 5.32 Å². The molecule has 0 saturated carbocycles. The van der Waals surface area contributed by atoms with Crippen LogP contribution in [0.25, 0.3) is 0 Å². The van der Waals surface area contributed by atoms with E-state index in [9.17, 15) is 14.4 Å². The lowest BCUT2D eigenvalue weighted by Gasteiger charge is -2.30. The van der Waals surface area contributed by atoms with Crippen molar-refractivity contribution in [2.75, 3.05) is 6.54 Å². The number of imide groups is 2. The highest BCUT2D eigenvalue weighted by atomic mass is 79.9. The lowest BCUT2D eigenvalue weighted by Crippen LogP contribution is -2.57. The quantitative estimate of drug-likeness (QED) is 0.679. The molecule has 20 heavy (non-hydrogen) atoms. The van der Waals surface area contributed by atoms with E-state index in [1.807, 2.05) is 0 Å². The first-order chi connectivity index (χ1) is 9.41. The Balaban J connectivity index is 2.40. The lowest BCUT2D eigenvalue weighted by atomic mass is 9.95. The van der Waals surface area contributed by atoms with Crippen molar-refractivity contribution in [3.63, 3.8) is 0 Å². The van der Waals surface area contributed by atoms with Crippen molar-refractivity contribution >= 4 is 33.8 Å². The average Bonchev–Trinajstić information content (AvgIpc) is 2.36. The number of urea groups is 1. The predicted octanol–water partition coefficient (Wildman–Crippen LogP) is 2.19. The molecule has 6 heteroatoms.